The predicted molar refractivity (Wildman–Crippen MR) is 122 cm³/mol. The fourth-order valence-corrected chi connectivity index (χ4v) is 4.95. The fraction of sp³-hybridized carbons (Fsp3) is 0.545. The Hall–Kier alpha value is -1.37. The van der Waals surface area contributed by atoms with Gasteiger partial charge in [-0.05, 0) is 74.3 Å². The summed E-state index contributed by atoms with van der Waals surface area (Å²) in [7, 11) is -3.21. The van der Waals surface area contributed by atoms with Crippen molar-refractivity contribution in [2.45, 2.75) is 58.4 Å². The van der Waals surface area contributed by atoms with Gasteiger partial charge in [-0.15, -0.1) is 11.3 Å². The van der Waals surface area contributed by atoms with Crippen molar-refractivity contribution in [3.8, 4) is 0 Å². The Morgan fingerprint density at radius 1 is 1.11 bits per heavy atom. The van der Waals surface area contributed by atoms with Crippen LogP contribution in [0.15, 0.2) is 41.8 Å². The van der Waals surface area contributed by atoms with Crippen molar-refractivity contribution < 1.29 is 8.42 Å². The Morgan fingerprint density at radius 2 is 1.86 bits per heavy atom. The lowest BCUT2D eigenvalue weighted by Gasteiger charge is -2.30. The third-order valence-corrected chi connectivity index (χ3v) is 6.48. The molecule has 1 aromatic carbocycles. The summed E-state index contributed by atoms with van der Waals surface area (Å²) in [5.41, 5.74) is 1.88. The third-order valence-electron chi connectivity index (χ3n) is 4.98. The highest BCUT2D eigenvalue weighted by atomic mass is 32.2. The zero-order valence-electron chi connectivity index (χ0n) is 17.4. The van der Waals surface area contributed by atoms with Gasteiger partial charge in [0.05, 0.1) is 6.26 Å². The molecule has 1 unspecified atom stereocenters. The number of hydrogen-bond acceptors (Lipinski definition) is 4. The Balaban J connectivity index is 1.79. The van der Waals surface area contributed by atoms with Crippen LogP contribution >= 0.6 is 11.3 Å². The average Bonchev–Trinajstić information content (AvgIpc) is 3.15. The van der Waals surface area contributed by atoms with Crippen LogP contribution in [0.5, 0.6) is 0 Å². The highest BCUT2D eigenvalue weighted by molar-refractivity contribution is 7.92. The molecule has 1 N–H and O–H groups in total. The standard InChI is InChI=1S/C22H34N2O2S2/c1-4-9-21(18-22-11-8-17-27-22)24(5-2)16-7-6-10-19-12-14-20(15-13-19)23-28(3,25)26/h8,11-15,17,21,23H,4-7,9-10,16,18H2,1-3H3. The highest BCUT2D eigenvalue weighted by Gasteiger charge is 2.17. The summed E-state index contributed by atoms with van der Waals surface area (Å²) in [5.74, 6) is 0. The van der Waals surface area contributed by atoms with Gasteiger partial charge < -0.3 is 4.90 Å². The lowest BCUT2D eigenvalue weighted by molar-refractivity contribution is 0.190. The zero-order valence-corrected chi connectivity index (χ0v) is 19.0. The lowest BCUT2D eigenvalue weighted by Crippen LogP contribution is -2.37. The second-order valence-corrected chi connectivity index (χ2v) is 10.2. The van der Waals surface area contributed by atoms with Crippen LogP contribution in [0.3, 0.4) is 0 Å². The second-order valence-electron chi connectivity index (χ2n) is 7.38. The monoisotopic (exact) mass is 422 g/mol. The van der Waals surface area contributed by atoms with E-state index in [1.54, 1.807) is 0 Å². The van der Waals surface area contributed by atoms with Gasteiger partial charge in [0, 0.05) is 16.6 Å². The van der Waals surface area contributed by atoms with Crippen LogP contribution < -0.4 is 4.72 Å². The van der Waals surface area contributed by atoms with Crippen molar-refractivity contribution in [3.05, 3.63) is 52.2 Å². The summed E-state index contributed by atoms with van der Waals surface area (Å²) >= 11 is 1.87. The normalized spacial score (nSPS) is 13.0. The van der Waals surface area contributed by atoms with Crippen LogP contribution in [0.1, 0.15) is 50.0 Å². The maximum atomic E-state index is 11.3. The number of anilines is 1. The molecule has 0 saturated heterocycles. The number of sulfonamides is 1. The van der Waals surface area contributed by atoms with Crippen LogP contribution in [0.2, 0.25) is 0 Å². The van der Waals surface area contributed by atoms with Crippen LogP contribution in [0, 0.1) is 0 Å². The number of likely N-dealkylation sites (N-methyl/N-ethyl adjacent to an activating group) is 1. The topological polar surface area (TPSA) is 49.4 Å². The number of hydrogen-bond donors (Lipinski definition) is 1. The van der Waals surface area contributed by atoms with E-state index in [0.717, 1.165) is 32.4 Å². The van der Waals surface area contributed by atoms with E-state index in [4.69, 9.17) is 0 Å². The maximum Gasteiger partial charge on any atom is 0.229 e. The van der Waals surface area contributed by atoms with Gasteiger partial charge in [-0.3, -0.25) is 4.72 Å². The minimum Gasteiger partial charge on any atom is -0.300 e. The molecular weight excluding hydrogens is 388 g/mol. The van der Waals surface area contributed by atoms with Crippen molar-refractivity contribution in [1.29, 1.82) is 0 Å². The van der Waals surface area contributed by atoms with Crippen molar-refractivity contribution in [3.63, 3.8) is 0 Å². The number of unbranched alkanes of at least 4 members (excludes halogenated alkanes) is 1. The minimum atomic E-state index is -3.21. The molecule has 0 bridgehead atoms. The Bertz CT molecular complexity index is 771. The molecule has 1 heterocycles. The second kappa shape index (κ2) is 11.6. The van der Waals surface area contributed by atoms with E-state index in [9.17, 15) is 8.42 Å². The van der Waals surface area contributed by atoms with Gasteiger partial charge >= 0.3 is 0 Å². The number of aryl methyl sites for hydroxylation is 1. The number of nitrogens with zero attached hydrogens (tertiary/aromatic N) is 1. The molecule has 0 saturated carbocycles. The molecule has 0 fully saturated rings. The molecule has 2 aromatic rings. The van der Waals surface area contributed by atoms with Gasteiger partial charge in [0.2, 0.25) is 10.0 Å². The summed E-state index contributed by atoms with van der Waals surface area (Å²) in [6.45, 7) is 6.78. The van der Waals surface area contributed by atoms with E-state index in [-0.39, 0.29) is 0 Å². The third kappa shape index (κ3) is 8.33. The molecule has 0 aliphatic carbocycles. The van der Waals surface area contributed by atoms with Gasteiger partial charge in [0.25, 0.3) is 0 Å². The first-order chi connectivity index (χ1) is 13.4. The molecule has 1 aromatic heterocycles. The van der Waals surface area contributed by atoms with E-state index in [2.05, 4.69) is 41.0 Å². The van der Waals surface area contributed by atoms with E-state index in [1.807, 2.05) is 35.6 Å². The van der Waals surface area contributed by atoms with E-state index >= 15 is 0 Å². The van der Waals surface area contributed by atoms with Gasteiger partial charge in [-0.2, -0.15) is 0 Å². The van der Waals surface area contributed by atoms with Gasteiger partial charge in [0.1, 0.15) is 0 Å². The molecule has 0 amide bonds. The number of nitrogens with one attached hydrogen (secondary N) is 1. The van der Waals surface area contributed by atoms with Crippen molar-refractivity contribution in [2.24, 2.45) is 0 Å². The van der Waals surface area contributed by atoms with Crippen molar-refractivity contribution in [2.75, 3.05) is 24.1 Å². The van der Waals surface area contributed by atoms with E-state index in [0.29, 0.717) is 11.7 Å². The largest absolute Gasteiger partial charge is 0.300 e. The lowest BCUT2D eigenvalue weighted by atomic mass is 10.0. The summed E-state index contributed by atoms with van der Waals surface area (Å²) in [6.07, 6.45) is 8.16. The van der Waals surface area contributed by atoms with E-state index in [1.165, 1.54) is 36.0 Å². The van der Waals surface area contributed by atoms with E-state index < -0.39 is 10.0 Å². The summed E-state index contributed by atoms with van der Waals surface area (Å²) < 4.78 is 25.1. The summed E-state index contributed by atoms with van der Waals surface area (Å²) in [6, 6.07) is 12.7. The Morgan fingerprint density at radius 3 is 2.43 bits per heavy atom. The molecule has 0 aliphatic rings. The minimum absolute atomic E-state index is 0.624. The van der Waals surface area contributed by atoms with Crippen molar-refractivity contribution >= 4 is 27.0 Å². The molecule has 0 spiro atoms. The number of rotatable bonds is 13. The molecule has 4 nitrogen and oxygen atoms in total. The van der Waals surface area contributed by atoms with Crippen LogP contribution in [-0.2, 0) is 22.9 Å². The van der Waals surface area contributed by atoms with Crippen molar-refractivity contribution in [1.82, 2.24) is 4.90 Å². The Labute approximate surface area is 175 Å². The van der Waals surface area contributed by atoms with Crippen LogP contribution in [0.25, 0.3) is 0 Å². The molecule has 0 aliphatic heterocycles. The first-order valence-corrected chi connectivity index (χ1v) is 13.0. The van der Waals surface area contributed by atoms with Crippen LogP contribution in [0.4, 0.5) is 5.69 Å². The molecule has 0 radical (unpaired) electrons. The smallest absolute Gasteiger partial charge is 0.229 e. The SMILES string of the molecule is CCCC(Cc1cccs1)N(CC)CCCCc1ccc(NS(C)(=O)=O)cc1. The first kappa shape index (κ1) is 22.9. The van der Waals surface area contributed by atoms with Gasteiger partial charge in [0.15, 0.2) is 0 Å². The zero-order chi connectivity index (χ0) is 20.4. The van der Waals surface area contributed by atoms with Gasteiger partial charge in [-0.25, -0.2) is 8.42 Å². The van der Waals surface area contributed by atoms with Crippen LogP contribution in [-0.4, -0.2) is 38.7 Å². The molecule has 6 heteroatoms. The highest BCUT2D eigenvalue weighted by Crippen LogP contribution is 2.19. The first-order valence-electron chi connectivity index (χ1n) is 10.2. The molecular formula is C22H34N2O2S2. The summed E-state index contributed by atoms with van der Waals surface area (Å²) in [5, 5.41) is 2.17. The quantitative estimate of drug-likeness (QED) is 0.453. The maximum absolute atomic E-state index is 11.3. The number of benzene rings is 1. The molecule has 28 heavy (non-hydrogen) atoms. The average molecular weight is 423 g/mol. The molecule has 1 atom stereocenters. The molecule has 156 valence electrons. The van der Waals surface area contributed by atoms with Gasteiger partial charge in [-0.1, -0.05) is 38.5 Å². The summed E-state index contributed by atoms with van der Waals surface area (Å²) in [4.78, 5) is 4.13. The Kier molecular flexibility index (Phi) is 9.48. The fourth-order valence-electron chi connectivity index (χ4n) is 3.60. The molecule has 2 rings (SSSR count). The number of thiophene rings is 1. The predicted octanol–water partition coefficient (Wildman–Crippen LogP) is 5.18.